The highest BCUT2D eigenvalue weighted by Crippen LogP contribution is 2.19. The number of rotatable bonds is 7. The van der Waals surface area contributed by atoms with Crippen LogP contribution in [0.2, 0.25) is 0 Å². The lowest BCUT2D eigenvalue weighted by Crippen LogP contribution is -2.55. The lowest BCUT2D eigenvalue weighted by Gasteiger charge is -2.29. The van der Waals surface area contributed by atoms with Crippen molar-refractivity contribution in [3.63, 3.8) is 0 Å². The summed E-state index contributed by atoms with van der Waals surface area (Å²) in [7, 11) is 0. The van der Waals surface area contributed by atoms with Gasteiger partial charge in [0.25, 0.3) is 0 Å². The van der Waals surface area contributed by atoms with Crippen molar-refractivity contribution in [2.45, 2.75) is 50.9 Å². The highest BCUT2D eigenvalue weighted by atomic mass is 32.2. The minimum absolute atomic E-state index is 0.207. The maximum atomic E-state index is 11.6. The van der Waals surface area contributed by atoms with Gasteiger partial charge in [0, 0.05) is 24.2 Å². The molecule has 1 unspecified atom stereocenters. The summed E-state index contributed by atoms with van der Waals surface area (Å²) in [6.45, 7) is 7.78. The number of aryl methyl sites for hydroxylation is 1. The predicted molar refractivity (Wildman–Crippen MR) is 78.0 cm³/mol. The van der Waals surface area contributed by atoms with Gasteiger partial charge in [0.15, 0.2) is 5.16 Å². The summed E-state index contributed by atoms with van der Waals surface area (Å²) < 4.78 is 0. The van der Waals surface area contributed by atoms with E-state index in [-0.39, 0.29) is 11.9 Å². The Morgan fingerprint density at radius 3 is 2.53 bits per heavy atom. The number of nitrogens with one attached hydrogen (secondary N) is 1. The summed E-state index contributed by atoms with van der Waals surface area (Å²) >= 11 is 1.53. The van der Waals surface area contributed by atoms with Gasteiger partial charge in [-0.05, 0) is 39.7 Å². The molecule has 19 heavy (non-hydrogen) atoms. The summed E-state index contributed by atoms with van der Waals surface area (Å²) in [5.74, 6) is 0.411. The molecule has 0 aliphatic rings. The second kappa shape index (κ2) is 6.86. The SMILES string of the molecule is Cc1cnc(SCCC(C)(NC(C)C)C(N)=O)nc1. The number of thioether (sulfide) groups is 1. The van der Waals surface area contributed by atoms with Crippen LogP contribution in [0.25, 0.3) is 0 Å². The first-order valence-electron chi connectivity index (χ1n) is 6.32. The van der Waals surface area contributed by atoms with Crippen LogP contribution in [0.3, 0.4) is 0 Å². The molecule has 6 heteroatoms. The van der Waals surface area contributed by atoms with Gasteiger partial charge >= 0.3 is 0 Å². The van der Waals surface area contributed by atoms with E-state index < -0.39 is 5.54 Å². The van der Waals surface area contributed by atoms with Gasteiger partial charge in [-0.2, -0.15) is 0 Å². The van der Waals surface area contributed by atoms with Gasteiger partial charge in [-0.15, -0.1) is 0 Å². The molecule has 1 aromatic heterocycles. The van der Waals surface area contributed by atoms with Gasteiger partial charge in [-0.1, -0.05) is 11.8 Å². The van der Waals surface area contributed by atoms with Crippen LogP contribution in [0.5, 0.6) is 0 Å². The van der Waals surface area contributed by atoms with E-state index >= 15 is 0 Å². The van der Waals surface area contributed by atoms with Crippen molar-refractivity contribution < 1.29 is 4.79 Å². The van der Waals surface area contributed by atoms with Gasteiger partial charge in [-0.25, -0.2) is 9.97 Å². The van der Waals surface area contributed by atoms with E-state index in [0.717, 1.165) is 16.5 Å². The number of nitrogens with two attached hydrogens (primary N) is 1. The zero-order chi connectivity index (χ0) is 14.5. The molecule has 1 aromatic rings. The van der Waals surface area contributed by atoms with E-state index in [9.17, 15) is 4.79 Å². The molecular weight excluding hydrogens is 260 g/mol. The first-order chi connectivity index (χ1) is 8.83. The van der Waals surface area contributed by atoms with Crippen molar-refractivity contribution in [1.29, 1.82) is 0 Å². The monoisotopic (exact) mass is 282 g/mol. The van der Waals surface area contributed by atoms with Crippen molar-refractivity contribution in [3.05, 3.63) is 18.0 Å². The number of carbonyl (C=O) groups is 1. The third-order valence-corrected chi connectivity index (χ3v) is 3.62. The maximum absolute atomic E-state index is 11.6. The molecule has 1 rings (SSSR count). The molecule has 0 aliphatic heterocycles. The van der Waals surface area contributed by atoms with Crippen LogP contribution in [-0.4, -0.2) is 33.2 Å². The smallest absolute Gasteiger partial charge is 0.237 e. The number of hydrogen-bond donors (Lipinski definition) is 2. The summed E-state index contributed by atoms with van der Waals surface area (Å²) in [4.78, 5) is 20.0. The van der Waals surface area contributed by atoms with E-state index in [4.69, 9.17) is 5.73 Å². The van der Waals surface area contributed by atoms with Crippen molar-refractivity contribution >= 4 is 17.7 Å². The van der Waals surface area contributed by atoms with Crippen LogP contribution >= 0.6 is 11.8 Å². The molecule has 0 fully saturated rings. The van der Waals surface area contributed by atoms with Crippen molar-refractivity contribution in [2.24, 2.45) is 5.73 Å². The zero-order valence-corrected chi connectivity index (χ0v) is 12.8. The number of hydrogen-bond acceptors (Lipinski definition) is 5. The molecule has 0 bridgehead atoms. The normalized spacial score (nSPS) is 14.4. The Kier molecular flexibility index (Phi) is 5.75. The van der Waals surface area contributed by atoms with Crippen LogP contribution in [0.15, 0.2) is 17.6 Å². The van der Waals surface area contributed by atoms with Gasteiger partial charge < -0.3 is 11.1 Å². The molecule has 106 valence electrons. The second-order valence-electron chi connectivity index (χ2n) is 5.14. The van der Waals surface area contributed by atoms with E-state index in [0.29, 0.717) is 6.42 Å². The first kappa shape index (κ1) is 15.9. The Labute approximate surface area is 118 Å². The average Bonchev–Trinajstić information content (AvgIpc) is 2.30. The Balaban J connectivity index is 2.53. The van der Waals surface area contributed by atoms with Crippen molar-refractivity contribution in [1.82, 2.24) is 15.3 Å². The average molecular weight is 282 g/mol. The van der Waals surface area contributed by atoms with Crippen LogP contribution in [0, 0.1) is 6.92 Å². The minimum Gasteiger partial charge on any atom is -0.368 e. The Hall–Kier alpha value is -1.14. The Morgan fingerprint density at radius 1 is 1.47 bits per heavy atom. The van der Waals surface area contributed by atoms with Crippen LogP contribution in [-0.2, 0) is 4.79 Å². The molecule has 0 radical (unpaired) electrons. The Bertz CT molecular complexity index is 421. The highest BCUT2D eigenvalue weighted by Gasteiger charge is 2.30. The predicted octanol–water partition coefficient (Wildman–Crippen LogP) is 1.51. The molecule has 0 saturated heterocycles. The molecule has 0 aliphatic carbocycles. The highest BCUT2D eigenvalue weighted by molar-refractivity contribution is 7.99. The third-order valence-electron chi connectivity index (χ3n) is 2.74. The number of nitrogens with zero attached hydrogens (tertiary/aromatic N) is 2. The quantitative estimate of drug-likeness (QED) is 0.585. The summed E-state index contributed by atoms with van der Waals surface area (Å²) in [5.41, 5.74) is 5.82. The van der Waals surface area contributed by atoms with Gasteiger partial charge in [0.1, 0.15) is 0 Å². The van der Waals surface area contributed by atoms with Crippen LogP contribution < -0.4 is 11.1 Å². The number of carbonyl (C=O) groups excluding carboxylic acids is 1. The van der Waals surface area contributed by atoms with Gasteiger partial charge in [0.05, 0.1) is 5.54 Å². The zero-order valence-electron chi connectivity index (χ0n) is 11.9. The standard InChI is InChI=1S/C13H22N4OS/c1-9(2)17-13(4,11(14)18)5-6-19-12-15-7-10(3)8-16-12/h7-9,17H,5-6H2,1-4H3,(H2,14,18). The Morgan fingerprint density at radius 2 is 2.05 bits per heavy atom. The lowest BCUT2D eigenvalue weighted by atomic mass is 9.97. The van der Waals surface area contributed by atoms with E-state index in [1.54, 1.807) is 12.4 Å². The molecule has 1 heterocycles. The molecule has 5 nitrogen and oxygen atoms in total. The molecule has 1 amide bonds. The fourth-order valence-electron chi connectivity index (χ4n) is 1.71. The number of primary amides is 1. The van der Waals surface area contributed by atoms with E-state index in [2.05, 4.69) is 15.3 Å². The number of amides is 1. The molecule has 3 N–H and O–H groups in total. The van der Waals surface area contributed by atoms with Crippen LogP contribution in [0.4, 0.5) is 0 Å². The lowest BCUT2D eigenvalue weighted by molar-refractivity contribution is -0.124. The van der Waals surface area contributed by atoms with Crippen molar-refractivity contribution in [2.75, 3.05) is 5.75 Å². The molecule has 0 aromatic carbocycles. The topological polar surface area (TPSA) is 80.9 Å². The summed E-state index contributed by atoms with van der Waals surface area (Å²) in [6.07, 6.45) is 4.21. The molecular formula is C13H22N4OS. The fourth-order valence-corrected chi connectivity index (χ4v) is 2.65. The molecule has 0 spiro atoms. The fraction of sp³-hybridized carbons (Fsp3) is 0.615. The summed E-state index contributed by atoms with van der Waals surface area (Å²) in [5, 5.41) is 3.95. The third kappa shape index (κ3) is 5.16. The summed E-state index contributed by atoms with van der Waals surface area (Å²) in [6, 6.07) is 0.207. The number of aromatic nitrogens is 2. The van der Waals surface area contributed by atoms with Crippen LogP contribution in [0.1, 0.15) is 32.8 Å². The minimum atomic E-state index is -0.689. The van der Waals surface area contributed by atoms with Gasteiger partial charge in [-0.3, -0.25) is 4.79 Å². The van der Waals surface area contributed by atoms with E-state index in [1.807, 2.05) is 27.7 Å². The van der Waals surface area contributed by atoms with E-state index in [1.165, 1.54) is 11.8 Å². The maximum Gasteiger partial charge on any atom is 0.237 e. The molecule has 0 saturated carbocycles. The van der Waals surface area contributed by atoms with Gasteiger partial charge in [0.2, 0.25) is 5.91 Å². The second-order valence-corrected chi connectivity index (χ2v) is 6.20. The van der Waals surface area contributed by atoms with Crippen molar-refractivity contribution in [3.8, 4) is 0 Å². The first-order valence-corrected chi connectivity index (χ1v) is 7.31. The molecule has 1 atom stereocenters. The largest absolute Gasteiger partial charge is 0.368 e.